The van der Waals surface area contributed by atoms with Crippen LogP contribution in [0.3, 0.4) is 0 Å². The first-order valence-electron chi connectivity index (χ1n) is 10.9. The second-order valence-electron chi connectivity index (χ2n) is 8.47. The minimum atomic E-state index is -0.250. The van der Waals surface area contributed by atoms with Crippen LogP contribution in [0.5, 0.6) is 0 Å². The topological polar surface area (TPSA) is 89.1 Å². The van der Waals surface area contributed by atoms with Crippen molar-refractivity contribution in [3.63, 3.8) is 0 Å². The number of carbonyl (C=O) groups is 1. The van der Waals surface area contributed by atoms with E-state index < -0.39 is 0 Å². The van der Waals surface area contributed by atoms with Crippen LogP contribution < -0.4 is 10.0 Å². The smallest absolute Gasteiger partial charge is 0.306 e. The fourth-order valence-corrected chi connectivity index (χ4v) is 5.04. The normalized spacial score (nSPS) is 15.2. The van der Waals surface area contributed by atoms with Gasteiger partial charge in [0.25, 0.3) is 0 Å². The van der Waals surface area contributed by atoms with Crippen molar-refractivity contribution in [2.45, 2.75) is 50.1 Å². The molecule has 2 amide bonds. The van der Waals surface area contributed by atoms with Gasteiger partial charge in [-0.1, -0.05) is 6.07 Å². The van der Waals surface area contributed by atoms with Gasteiger partial charge >= 0.3 is 6.03 Å². The minimum Gasteiger partial charge on any atom is -0.306 e. The van der Waals surface area contributed by atoms with Crippen LogP contribution in [0.1, 0.15) is 42.0 Å². The Hall–Kier alpha value is -3.33. The largest absolute Gasteiger partial charge is 0.329 e. The standard InChI is InChI=1S/C23H23N7OS/c1-14-11-15-3-2-4-18(15)22(21(14)16-7-9-29-13-24-26-19(29)12-16)25-23(31)28-32-20-8-10-30(27-20)17-5-6-17/h7-13,17H,2-6H2,1H3,(H2,25,28,31). The highest BCUT2D eigenvalue weighted by Crippen LogP contribution is 2.40. The first-order valence-corrected chi connectivity index (χ1v) is 11.7. The van der Waals surface area contributed by atoms with Crippen molar-refractivity contribution in [2.75, 3.05) is 5.32 Å². The Morgan fingerprint density at radius 2 is 2.09 bits per heavy atom. The Balaban J connectivity index is 1.30. The van der Waals surface area contributed by atoms with Crippen molar-refractivity contribution in [2.24, 2.45) is 0 Å². The maximum Gasteiger partial charge on any atom is 0.329 e. The van der Waals surface area contributed by atoms with Crippen molar-refractivity contribution >= 4 is 29.3 Å². The maximum atomic E-state index is 12.9. The van der Waals surface area contributed by atoms with E-state index >= 15 is 0 Å². The molecule has 0 unspecified atom stereocenters. The zero-order valence-electron chi connectivity index (χ0n) is 17.7. The fraction of sp³-hybridized carbons (Fsp3) is 0.304. The van der Waals surface area contributed by atoms with E-state index in [1.807, 2.05) is 39.7 Å². The number of amides is 2. The van der Waals surface area contributed by atoms with Gasteiger partial charge in [0.1, 0.15) is 11.4 Å². The summed E-state index contributed by atoms with van der Waals surface area (Å²) in [5.41, 5.74) is 7.41. The van der Waals surface area contributed by atoms with E-state index in [0.29, 0.717) is 6.04 Å². The molecule has 32 heavy (non-hydrogen) atoms. The van der Waals surface area contributed by atoms with Gasteiger partial charge in [-0.05, 0) is 79.5 Å². The first-order chi connectivity index (χ1) is 15.7. The molecule has 2 N–H and O–H groups in total. The summed E-state index contributed by atoms with van der Waals surface area (Å²) in [7, 11) is 0. The molecule has 1 aromatic carbocycles. The summed E-state index contributed by atoms with van der Waals surface area (Å²) < 4.78 is 6.76. The molecule has 0 radical (unpaired) electrons. The molecule has 0 saturated heterocycles. The summed E-state index contributed by atoms with van der Waals surface area (Å²) in [5, 5.41) is 16.6. The molecule has 1 saturated carbocycles. The molecule has 4 aromatic rings. The number of aryl methyl sites for hydroxylation is 2. The summed E-state index contributed by atoms with van der Waals surface area (Å²) in [6.45, 7) is 2.10. The molecule has 2 aliphatic carbocycles. The number of fused-ring (bicyclic) bond motifs is 2. The highest BCUT2D eigenvalue weighted by Gasteiger charge is 2.25. The fourth-order valence-electron chi connectivity index (χ4n) is 4.53. The zero-order valence-corrected chi connectivity index (χ0v) is 18.5. The quantitative estimate of drug-likeness (QED) is 0.440. The Morgan fingerprint density at radius 1 is 1.19 bits per heavy atom. The SMILES string of the molecule is Cc1cc2c(c(NC(=O)NSc3ccn(C4CC4)n3)c1-c1ccn3cnnc3c1)CCC2. The van der Waals surface area contributed by atoms with Gasteiger partial charge in [-0.2, -0.15) is 5.10 Å². The Bertz CT molecular complexity index is 1340. The van der Waals surface area contributed by atoms with E-state index in [-0.39, 0.29) is 6.03 Å². The predicted octanol–water partition coefficient (Wildman–Crippen LogP) is 4.55. The number of pyridine rings is 1. The third kappa shape index (κ3) is 3.52. The summed E-state index contributed by atoms with van der Waals surface area (Å²) in [5.74, 6) is 0. The third-order valence-electron chi connectivity index (χ3n) is 6.18. The molecular formula is C23H23N7OS. The average Bonchev–Trinajstić information content (AvgIpc) is 3.17. The molecule has 9 heteroatoms. The molecule has 1 fully saturated rings. The lowest BCUT2D eigenvalue weighted by Crippen LogP contribution is -2.24. The molecule has 0 aliphatic heterocycles. The van der Waals surface area contributed by atoms with E-state index in [0.717, 1.165) is 52.3 Å². The molecule has 6 rings (SSSR count). The van der Waals surface area contributed by atoms with Crippen LogP contribution in [0.15, 0.2) is 48.0 Å². The first kappa shape index (κ1) is 19.4. The van der Waals surface area contributed by atoms with Crippen molar-refractivity contribution in [1.82, 2.24) is 29.1 Å². The lowest BCUT2D eigenvalue weighted by Gasteiger charge is -2.19. The molecular weight excluding hydrogens is 422 g/mol. The number of aromatic nitrogens is 5. The lowest BCUT2D eigenvalue weighted by atomic mass is 9.93. The summed E-state index contributed by atoms with van der Waals surface area (Å²) >= 11 is 1.24. The van der Waals surface area contributed by atoms with Crippen LogP contribution in [0.4, 0.5) is 10.5 Å². The number of anilines is 1. The van der Waals surface area contributed by atoms with E-state index in [2.05, 4.69) is 38.3 Å². The lowest BCUT2D eigenvalue weighted by molar-refractivity contribution is 0.257. The van der Waals surface area contributed by atoms with Crippen LogP contribution in [0.25, 0.3) is 16.8 Å². The number of nitrogens with zero attached hydrogens (tertiary/aromatic N) is 5. The van der Waals surface area contributed by atoms with E-state index in [9.17, 15) is 4.79 Å². The van der Waals surface area contributed by atoms with E-state index in [1.54, 1.807) is 6.33 Å². The van der Waals surface area contributed by atoms with Gasteiger partial charge in [0, 0.05) is 29.9 Å². The van der Waals surface area contributed by atoms with Crippen LogP contribution in [0.2, 0.25) is 0 Å². The third-order valence-corrected chi connectivity index (χ3v) is 6.89. The van der Waals surface area contributed by atoms with Crippen molar-refractivity contribution in [1.29, 1.82) is 0 Å². The number of benzene rings is 1. The van der Waals surface area contributed by atoms with Crippen molar-refractivity contribution < 1.29 is 4.79 Å². The van der Waals surface area contributed by atoms with Crippen molar-refractivity contribution in [3.05, 3.63) is 59.7 Å². The van der Waals surface area contributed by atoms with Gasteiger partial charge in [-0.15, -0.1) is 10.2 Å². The van der Waals surface area contributed by atoms with E-state index in [1.165, 1.54) is 35.9 Å². The minimum absolute atomic E-state index is 0.250. The van der Waals surface area contributed by atoms with Gasteiger partial charge < -0.3 is 5.32 Å². The second kappa shape index (κ2) is 7.67. The van der Waals surface area contributed by atoms with Crippen molar-refractivity contribution in [3.8, 4) is 11.1 Å². The van der Waals surface area contributed by atoms with Gasteiger partial charge in [0.15, 0.2) is 5.65 Å². The van der Waals surface area contributed by atoms with Gasteiger partial charge in [-0.3, -0.25) is 13.8 Å². The van der Waals surface area contributed by atoms with Gasteiger partial charge in [-0.25, -0.2) is 4.79 Å². The number of urea groups is 1. The van der Waals surface area contributed by atoms with Gasteiger partial charge in [0.2, 0.25) is 0 Å². The molecule has 3 aromatic heterocycles. The highest BCUT2D eigenvalue weighted by molar-refractivity contribution is 7.97. The summed E-state index contributed by atoms with van der Waals surface area (Å²) in [6, 6.07) is 8.53. The molecule has 0 spiro atoms. The van der Waals surface area contributed by atoms with Gasteiger partial charge in [0.05, 0.1) is 11.7 Å². The van der Waals surface area contributed by atoms with E-state index in [4.69, 9.17) is 0 Å². The van der Waals surface area contributed by atoms with Crippen LogP contribution in [-0.4, -0.2) is 30.4 Å². The molecule has 0 atom stereocenters. The Labute approximate surface area is 189 Å². The summed E-state index contributed by atoms with van der Waals surface area (Å²) in [6.07, 6.45) is 11.1. The number of carbonyl (C=O) groups excluding carboxylic acids is 1. The predicted molar refractivity (Wildman–Crippen MR) is 124 cm³/mol. The molecule has 2 aliphatic rings. The number of nitrogens with one attached hydrogen (secondary N) is 2. The Kier molecular flexibility index (Phi) is 4.64. The molecule has 8 nitrogen and oxygen atoms in total. The van der Waals surface area contributed by atoms with Crippen LogP contribution in [-0.2, 0) is 12.8 Å². The monoisotopic (exact) mass is 445 g/mol. The molecule has 0 bridgehead atoms. The summed E-state index contributed by atoms with van der Waals surface area (Å²) in [4.78, 5) is 12.9. The Morgan fingerprint density at radius 3 is 2.97 bits per heavy atom. The molecule has 3 heterocycles. The van der Waals surface area contributed by atoms with Crippen LogP contribution in [0, 0.1) is 6.92 Å². The molecule has 162 valence electrons. The maximum absolute atomic E-state index is 12.9. The number of hydrogen-bond donors (Lipinski definition) is 2. The number of rotatable bonds is 5. The highest BCUT2D eigenvalue weighted by atomic mass is 32.2. The number of hydrogen-bond acceptors (Lipinski definition) is 5. The average molecular weight is 446 g/mol. The zero-order chi connectivity index (χ0) is 21.7. The van der Waals surface area contributed by atoms with Crippen LogP contribution >= 0.6 is 11.9 Å². The second-order valence-corrected chi connectivity index (χ2v) is 9.30.